The molecule has 2 N–H and O–H groups in total. The standard InChI is InChI=1S/C22H15O3P/c23-26(24,25)13-12-14-10-11-20-18-8-2-5-15-4-1-7-17(21(15)18)19-9-3-6-16(14)22(19)20/h1-13H,(H2,23,24,25)/b13-12+. The molecule has 126 valence electrons. The molecule has 0 atom stereocenters. The summed E-state index contributed by atoms with van der Waals surface area (Å²) in [7, 11) is -4.20. The Balaban J connectivity index is 2.00. The monoisotopic (exact) mass is 358 g/mol. The predicted octanol–water partition coefficient (Wildman–Crippen LogP) is 5.89. The lowest BCUT2D eigenvalue weighted by Crippen LogP contribution is -1.88. The zero-order chi connectivity index (χ0) is 17.9. The van der Waals surface area contributed by atoms with Crippen molar-refractivity contribution < 1.29 is 14.4 Å². The lowest BCUT2D eigenvalue weighted by atomic mass is 9.88. The van der Waals surface area contributed by atoms with E-state index >= 15 is 0 Å². The molecular formula is C22H15O3P. The highest BCUT2D eigenvalue weighted by molar-refractivity contribution is 7.55. The maximum atomic E-state index is 11.2. The van der Waals surface area contributed by atoms with Gasteiger partial charge in [-0.2, -0.15) is 0 Å². The molecule has 0 saturated heterocycles. The van der Waals surface area contributed by atoms with Crippen molar-refractivity contribution in [3.05, 3.63) is 78.1 Å². The van der Waals surface area contributed by atoms with Gasteiger partial charge in [0.15, 0.2) is 0 Å². The summed E-state index contributed by atoms with van der Waals surface area (Å²) in [6.07, 6.45) is 1.52. The highest BCUT2D eigenvalue weighted by Gasteiger charge is 2.14. The molecule has 3 nitrogen and oxygen atoms in total. The molecule has 0 unspecified atom stereocenters. The van der Waals surface area contributed by atoms with E-state index in [1.165, 1.54) is 27.6 Å². The largest absolute Gasteiger partial charge is 0.349 e. The van der Waals surface area contributed by atoms with Crippen molar-refractivity contribution in [2.75, 3.05) is 0 Å². The summed E-state index contributed by atoms with van der Waals surface area (Å²) < 4.78 is 11.2. The van der Waals surface area contributed by atoms with Crippen LogP contribution in [0.25, 0.3) is 49.2 Å². The first kappa shape index (κ1) is 15.5. The Morgan fingerprint density at radius 1 is 0.654 bits per heavy atom. The van der Waals surface area contributed by atoms with Crippen LogP contribution in [0.2, 0.25) is 0 Å². The van der Waals surface area contributed by atoms with Crippen LogP contribution in [0.4, 0.5) is 0 Å². The molecule has 5 rings (SSSR count). The first-order valence-corrected chi connectivity index (χ1v) is 10.0. The molecule has 5 aromatic rings. The van der Waals surface area contributed by atoms with Crippen molar-refractivity contribution in [3.8, 4) is 0 Å². The molecule has 0 amide bonds. The second kappa shape index (κ2) is 5.39. The van der Waals surface area contributed by atoms with Crippen molar-refractivity contribution >= 4 is 56.8 Å². The zero-order valence-electron chi connectivity index (χ0n) is 13.8. The fraction of sp³-hybridized carbons (Fsp3) is 0. The summed E-state index contributed by atoms with van der Waals surface area (Å²) in [5.41, 5.74) is 0.806. The Kier molecular flexibility index (Phi) is 3.22. The van der Waals surface area contributed by atoms with E-state index in [-0.39, 0.29) is 0 Å². The van der Waals surface area contributed by atoms with E-state index in [0.717, 1.165) is 32.9 Å². The highest BCUT2D eigenvalue weighted by atomic mass is 31.2. The van der Waals surface area contributed by atoms with Crippen LogP contribution in [-0.4, -0.2) is 9.79 Å². The van der Waals surface area contributed by atoms with Crippen LogP contribution in [0.5, 0.6) is 0 Å². The van der Waals surface area contributed by atoms with Gasteiger partial charge in [0.05, 0.1) is 0 Å². The number of hydrogen-bond donors (Lipinski definition) is 2. The van der Waals surface area contributed by atoms with Crippen molar-refractivity contribution in [1.29, 1.82) is 0 Å². The molecule has 0 saturated carbocycles. The van der Waals surface area contributed by atoms with Crippen LogP contribution in [0.3, 0.4) is 0 Å². The van der Waals surface area contributed by atoms with Gasteiger partial charge in [0.1, 0.15) is 0 Å². The van der Waals surface area contributed by atoms with Crippen LogP contribution in [0.1, 0.15) is 5.56 Å². The molecule has 0 aliphatic carbocycles. The third kappa shape index (κ3) is 2.26. The third-order valence-electron chi connectivity index (χ3n) is 5.01. The molecule has 0 aliphatic rings. The fourth-order valence-corrected chi connectivity index (χ4v) is 4.35. The van der Waals surface area contributed by atoms with E-state index in [1.54, 1.807) is 0 Å². The summed E-state index contributed by atoms with van der Waals surface area (Å²) in [5, 5.41) is 9.32. The van der Waals surface area contributed by atoms with Crippen LogP contribution >= 0.6 is 7.60 Å². The summed E-state index contributed by atoms with van der Waals surface area (Å²) >= 11 is 0. The van der Waals surface area contributed by atoms with E-state index in [0.29, 0.717) is 0 Å². The summed E-state index contributed by atoms with van der Waals surface area (Å²) in [6, 6.07) is 22.8. The minimum absolute atomic E-state index is 0.806. The van der Waals surface area contributed by atoms with E-state index in [1.807, 2.05) is 18.2 Å². The van der Waals surface area contributed by atoms with Gasteiger partial charge in [-0.25, -0.2) is 0 Å². The molecule has 26 heavy (non-hydrogen) atoms. The number of fused-ring (bicyclic) bond motifs is 2. The second-order valence-electron chi connectivity index (χ2n) is 6.54. The van der Waals surface area contributed by atoms with Crippen molar-refractivity contribution in [3.63, 3.8) is 0 Å². The van der Waals surface area contributed by atoms with Crippen molar-refractivity contribution in [1.82, 2.24) is 0 Å². The minimum atomic E-state index is -4.20. The van der Waals surface area contributed by atoms with Crippen LogP contribution < -0.4 is 0 Å². The first-order chi connectivity index (χ1) is 12.5. The fourth-order valence-electron chi connectivity index (χ4n) is 3.99. The Labute approximate surface area is 149 Å². The topological polar surface area (TPSA) is 57.5 Å². The van der Waals surface area contributed by atoms with Gasteiger partial charge in [-0.15, -0.1) is 0 Å². The number of hydrogen-bond acceptors (Lipinski definition) is 1. The smallest absolute Gasteiger partial charge is 0.321 e. The predicted molar refractivity (Wildman–Crippen MR) is 109 cm³/mol. The average molecular weight is 358 g/mol. The number of benzene rings is 5. The lowest BCUT2D eigenvalue weighted by Gasteiger charge is -2.15. The minimum Gasteiger partial charge on any atom is -0.321 e. The van der Waals surface area contributed by atoms with Crippen LogP contribution in [0.15, 0.2) is 72.5 Å². The van der Waals surface area contributed by atoms with Crippen molar-refractivity contribution in [2.24, 2.45) is 0 Å². The van der Waals surface area contributed by atoms with Gasteiger partial charge in [-0.05, 0) is 54.7 Å². The molecule has 0 bridgehead atoms. The summed E-state index contributed by atoms with van der Waals surface area (Å²) in [4.78, 5) is 18.3. The Morgan fingerprint density at radius 2 is 1.19 bits per heavy atom. The van der Waals surface area contributed by atoms with Crippen LogP contribution in [-0.2, 0) is 4.57 Å². The molecule has 0 aromatic heterocycles. The molecular weight excluding hydrogens is 343 g/mol. The van der Waals surface area contributed by atoms with E-state index in [4.69, 9.17) is 0 Å². The lowest BCUT2D eigenvalue weighted by molar-refractivity contribution is 0.386. The SMILES string of the molecule is O=P(O)(O)/C=C/c1ccc2c3cccc4cccc(c5cccc1c52)c43. The van der Waals surface area contributed by atoms with Gasteiger partial charge >= 0.3 is 7.60 Å². The average Bonchev–Trinajstić information content (AvgIpc) is 2.64. The Bertz CT molecular complexity index is 1330. The van der Waals surface area contributed by atoms with Gasteiger partial charge in [0.2, 0.25) is 0 Å². The van der Waals surface area contributed by atoms with Gasteiger partial charge in [0.25, 0.3) is 0 Å². The van der Waals surface area contributed by atoms with Gasteiger partial charge in [-0.3, -0.25) is 4.57 Å². The molecule has 0 aliphatic heterocycles. The molecule has 0 heterocycles. The Morgan fingerprint density at radius 3 is 1.85 bits per heavy atom. The molecule has 0 fully saturated rings. The molecule has 0 radical (unpaired) electrons. The van der Waals surface area contributed by atoms with Gasteiger partial charge in [-0.1, -0.05) is 66.7 Å². The molecule has 5 aromatic carbocycles. The Hall–Kier alpha value is -2.71. The van der Waals surface area contributed by atoms with E-state index in [2.05, 4.69) is 48.5 Å². The summed E-state index contributed by atoms with van der Waals surface area (Å²) in [5.74, 6) is 0.967. The van der Waals surface area contributed by atoms with Gasteiger partial charge < -0.3 is 9.79 Å². The molecule has 4 heteroatoms. The van der Waals surface area contributed by atoms with Gasteiger partial charge in [0, 0.05) is 5.82 Å². The zero-order valence-corrected chi connectivity index (χ0v) is 14.6. The third-order valence-corrected chi connectivity index (χ3v) is 5.55. The van der Waals surface area contributed by atoms with Crippen molar-refractivity contribution in [2.45, 2.75) is 0 Å². The quantitative estimate of drug-likeness (QED) is 0.235. The maximum absolute atomic E-state index is 11.2. The second-order valence-corrected chi connectivity index (χ2v) is 8.02. The highest BCUT2D eigenvalue weighted by Crippen LogP contribution is 2.42. The summed E-state index contributed by atoms with van der Waals surface area (Å²) in [6.45, 7) is 0. The van der Waals surface area contributed by atoms with E-state index in [9.17, 15) is 14.4 Å². The normalized spacial score (nSPS) is 13.0. The maximum Gasteiger partial charge on any atom is 0.349 e. The number of rotatable bonds is 2. The molecule has 0 spiro atoms. The van der Waals surface area contributed by atoms with E-state index < -0.39 is 7.60 Å². The van der Waals surface area contributed by atoms with Crippen LogP contribution in [0, 0.1) is 0 Å². The first-order valence-electron chi connectivity index (χ1n) is 8.36.